The van der Waals surface area contributed by atoms with Gasteiger partial charge in [0.05, 0.1) is 6.61 Å². The van der Waals surface area contributed by atoms with Crippen LogP contribution in [-0.2, 0) is 4.74 Å². The third-order valence-electron chi connectivity index (χ3n) is 2.48. The van der Waals surface area contributed by atoms with Crippen molar-refractivity contribution >= 4 is 11.8 Å². The van der Waals surface area contributed by atoms with Crippen LogP contribution in [0.1, 0.15) is 26.7 Å². The summed E-state index contributed by atoms with van der Waals surface area (Å²) in [6.45, 7) is 5.55. The molecule has 0 amide bonds. The molecule has 1 fully saturated rings. The van der Waals surface area contributed by atoms with Crippen LogP contribution in [0.25, 0.3) is 0 Å². The second kappa shape index (κ2) is 4.36. The molecule has 0 aromatic rings. The zero-order valence-electron chi connectivity index (χ0n) is 7.67. The van der Waals surface area contributed by atoms with Gasteiger partial charge in [-0.15, -0.1) is 11.8 Å². The van der Waals surface area contributed by atoms with Gasteiger partial charge in [0, 0.05) is 0 Å². The van der Waals surface area contributed by atoms with Crippen LogP contribution in [0.3, 0.4) is 0 Å². The van der Waals surface area contributed by atoms with E-state index < -0.39 is 0 Å². The van der Waals surface area contributed by atoms with Crippen molar-refractivity contribution in [2.24, 2.45) is 11.8 Å². The third-order valence-corrected chi connectivity index (χ3v) is 3.37. The van der Waals surface area contributed by atoms with Crippen molar-refractivity contribution in [3.63, 3.8) is 0 Å². The largest absolute Gasteiger partial charge is 0.367 e. The minimum Gasteiger partial charge on any atom is -0.367 e. The van der Waals surface area contributed by atoms with Crippen LogP contribution in [0.4, 0.5) is 0 Å². The fraction of sp³-hybridized carbons (Fsp3) is 1.00. The third kappa shape index (κ3) is 2.68. The first-order valence-electron chi connectivity index (χ1n) is 4.38. The molecule has 2 heteroatoms. The molecule has 1 heterocycles. The summed E-state index contributed by atoms with van der Waals surface area (Å²) in [7, 11) is 0. The van der Waals surface area contributed by atoms with Crippen LogP contribution in [0.5, 0.6) is 0 Å². The van der Waals surface area contributed by atoms with E-state index in [1.807, 2.05) is 11.8 Å². The van der Waals surface area contributed by atoms with Gasteiger partial charge >= 0.3 is 0 Å². The maximum absolute atomic E-state index is 5.66. The highest BCUT2D eigenvalue weighted by Gasteiger charge is 2.22. The summed E-state index contributed by atoms with van der Waals surface area (Å²) in [4.78, 5) is 0. The van der Waals surface area contributed by atoms with Crippen molar-refractivity contribution in [2.45, 2.75) is 32.1 Å². The first kappa shape index (κ1) is 9.40. The van der Waals surface area contributed by atoms with E-state index in [1.54, 1.807) is 0 Å². The summed E-state index contributed by atoms with van der Waals surface area (Å²) in [6.07, 6.45) is 4.72. The van der Waals surface area contributed by atoms with Gasteiger partial charge in [-0.1, -0.05) is 13.8 Å². The second-order valence-electron chi connectivity index (χ2n) is 3.58. The highest BCUT2D eigenvalue weighted by Crippen LogP contribution is 2.28. The Hall–Kier alpha value is 0.310. The molecular weight excluding hydrogens is 156 g/mol. The molecule has 1 aliphatic heterocycles. The predicted octanol–water partition coefficient (Wildman–Crippen LogP) is 2.76. The van der Waals surface area contributed by atoms with Crippen molar-refractivity contribution < 1.29 is 4.74 Å². The highest BCUT2D eigenvalue weighted by atomic mass is 32.2. The maximum Gasteiger partial charge on any atom is 0.102 e. The number of thioether (sulfide) groups is 1. The van der Waals surface area contributed by atoms with Gasteiger partial charge < -0.3 is 4.74 Å². The van der Waals surface area contributed by atoms with Crippen molar-refractivity contribution in [3.8, 4) is 0 Å². The van der Waals surface area contributed by atoms with Gasteiger partial charge in [0.15, 0.2) is 0 Å². The van der Waals surface area contributed by atoms with Gasteiger partial charge in [-0.3, -0.25) is 0 Å². The molecule has 0 aromatic heterocycles. The Morgan fingerprint density at radius 3 is 2.45 bits per heavy atom. The van der Waals surface area contributed by atoms with Gasteiger partial charge in [-0.25, -0.2) is 0 Å². The smallest absolute Gasteiger partial charge is 0.102 e. The lowest BCUT2D eigenvalue weighted by Gasteiger charge is -2.30. The average Bonchev–Trinajstić information content (AvgIpc) is 2.05. The lowest BCUT2D eigenvalue weighted by molar-refractivity contribution is 0.0183. The lowest BCUT2D eigenvalue weighted by atomic mass is 9.91. The van der Waals surface area contributed by atoms with E-state index in [2.05, 4.69) is 20.1 Å². The standard InChI is InChI=1S/C9H18OS/c1-7(2)8-4-5-9(11-3)10-6-8/h7-9H,4-6H2,1-3H3. The Morgan fingerprint density at radius 2 is 2.09 bits per heavy atom. The molecule has 0 aliphatic carbocycles. The quantitative estimate of drug-likeness (QED) is 0.636. The first-order valence-corrected chi connectivity index (χ1v) is 5.67. The molecule has 1 rings (SSSR count). The summed E-state index contributed by atoms with van der Waals surface area (Å²) in [5.74, 6) is 1.59. The minimum absolute atomic E-state index is 0.477. The molecule has 66 valence electrons. The average molecular weight is 174 g/mol. The molecule has 1 saturated heterocycles. The normalized spacial score (nSPS) is 32.7. The van der Waals surface area contributed by atoms with E-state index in [0.29, 0.717) is 5.44 Å². The van der Waals surface area contributed by atoms with Crippen LogP contribution in [0, 0.1) is 11.8 Å². The van der Waals surface area contributed by atoms with Crippen LogP contribution < -0.4 is 0 Å². The summed E-state index contributed by atoms with van der Waals surface area (Å²) in [5.41, 5.74) is 0.477. The molecule has 0 spiro atoms. The SMILES string of the molecule is CSC1CCC(C(C)C)CO1. The number of hydrogen-bond donors (Lipinski definition) is 0. The Kier molecular flexibility index (Phi) is 3.73. The molecule has 0 N–H and O–H groups in total. The summed E-state index contributed by atoms with van der Waals surface area (Å²) in [6, 6.07) is 0. The Balaban J connectivity index is 2.24. The molecule has 2 atom stereocenters. The first-order chi connectivity index (χ1) is 5.24. The number of hydrogen-bond acceptors (Lipinski definition) is 2. The molecule has 2 unspecified atom stereocenters. The lowest BCUT2D eigenvalue weighted by Crippen LogP contribution is -2.26. The molecule has 0 radical (unpaired) electrons. The number of ether oxygens (including phenoxy) is 1. The zero-order valence-corrected chi connectivity index (χ0v) is 8.49. The second-order valence-corrected chi connectivity index (χ2v) is 4.58. The molecule has 11 heavy (non-hydrogen) atoms. The molecule has 0 aromatic carbocycles. The summed E-state index contributed by atoms with van der Waals surface area (Å²) >= 11 is 1.84. The van der Waals surface area contributed by atoms with Crippen LogP contribution >= 0.6 is 11.8 Å². The van der Waals surface area contributed by atoms with Crippen molar-refractivity contribution in [3.05, 3.63) is 0 Å². The van der Waals surface area contributed by atoms with E-state index in [0.717, 1.165) is 18.4 Å². The fourth-order valence-corrected chi connectivity index (χ4v) is 2.05. The fourth-order valence-electron chi connectivity index (χ4n) is 1.46. The monoisotopic (exact) mass is 174 g/mol. The van der Waals surface area contributed by atoms with Crippen molar-refractivity contribution in [1.82, 2.24) is 0 Å². The zero-order chi connectivity index (χ0) is 8.27. The van der Waals surface area contributed by atoms with Gasteiger partial charge in [0.25, 0.3) is 0 Å². The van der Waals surface area contributed by atoms with E-state index in [-0.39, 0.29) is 0 Å². The van der Waals surface area contributed by atoms with Gasteiger partial charge in [-0.2, -0.15) is 0 Å². The summed E-state index contributed by atoms with van der Waals surface area (Å²) < 4.78 is 5.66. The molecular formula is C9H18OS. The van der Waals surface area contributed by atoms with E-state index in [4.69, 9.17) is 4.74 Å². The maximum atomic E-state index is 5.66. The van der Waals surface area contributed by atoms with Crippen LogP contribution in [-0.4, -0.2) is 18.3 Å². The van der Waals surface area contributed by atoms with Crippen LogP contribution in [0.15, 0.2) is 0 Å². The molecule has 1 aliphatic rings. The Bertz CT molecular complexity index is 106. The Morgan fingerprint density at radius 1 is 1.36 bits per heavy atom. The highest BCUT2D eigenvalue weighted by molar-refractivity contribution is 7.99. The van der Waals surface area contributed by atoms with Gasteiger partial charge in [0.2, 0.25) is 0 Å². The number of rotatable bonds is 2. The molecule has 1 nitrogen and oxygen atoms in total. The predicted molar refractivity (Wildman–Crippen MR) is 50.8 cm³/mol. The van der Waals surface area contributed by atoms with Crippen molar-refractivity contribution in [1.29, 1.82) is 0 Å². The summed E-state index contributed by atoms with van der Waals surface area (Å²) in [5, 5.41) is 0. The Labute approximate surface area is 73.9 Å². The molecule has 0 saturated carbocycles. The van der Waals surface area contributed by atoms with Crippen LogP contribution in [0.2, 0.25) is 0 Å². The van der Waals surface area contributed by atoms with E-state index >= 15 is 0 Å². The molecule has 0 bridgehead atoms. The van der Waals surface area contributed by atoms with Crippen molar-refractivity contribution in [2.75, 3.05) is 12.9 Å². The van der Waals surface area contributed by atoms with E-state index in [1.165, 1.54) is 12.8 Å². The van der Waals surface area contributed by atoms with Gasteiger partial charge in [0.1, 0.15) is 5.44 Å². The van der Waals surface area contributed by atoms with Gasteiger partial charge in [-0.05, 0) is 30.9 Å². The van der Waals surface area contributed by atoms with E-state index in [9.17, 15) is 0 Å². The topological polar surface area (TPSA) is 9.23 Å². The minimum atomic E-state index is 0.477.